The molecule has 0 aromatic heterocycles. The van der Waals surface area contributed by atoms with Crippen molar-refractivity contribution in [2.24, 2.45) is 11.8 Å². The van der Waals surface area contributed by atoms with Crippen LogP contribution in [0.3, 0.4) is 0 Å². The Balaban J connectivity index is 2.27. The van der Waals surface area contributed by atoms with E-state index in [9.17, 15) is 18.0 Å². The molecule has 0 fully saturated rings. The molecule has 0 saturated carbocycles. The first-order chi connectivity index (χ1) is 10.7. The monoisotopic (exact) mass is 326 g/mol. The maximum atomic E-state index is 13.3. The van der Waals surface area contributed by atoms with Gasteiger partial charge in [-0.1, -0.05) is 32.0 Å². The molecule has 1 heterocycles. The minimum absolute atomic E-state index is 0.0809. The zero-order valence-corrected chi connectivity index (χ0v) is 12.7. The van der Waals surface area contributed by atoms with Gasteiger partial charge in [0.15, 0.2) is 0 Å². The lowest BCUT2D eigenvalue weighted by molar-refractivity contribution is -0.213. The minimum atomic E-state index is -4.67. The SMILES string of the molecule is CC(C)C(C#N)NC(=O)[C@@H]1Cc2ccccc2O[C@H]1C(F)(F)F. The molecule has 4 nitrogen and oxygen atoms in total. The van der Waals surface area contributed by atoms with E-state index in [4.69, 9.17) is 10.00 Å². The Hall–Kier alpha value is -2.23. The Morgan fingerprint density at radius 3 is 2.61 bits per heavy atom. The van der Waals surface area contributed by atoms with Crippen LogP contribution in [0.15, 0.2) is 24.3 Å². The number of halogens is 3. The summed E-state index contributed by atoms with van der Waals surface area (Å²) in [6, 6.07) is 7.39. The number of alkyl halides is 3. The van der Waals surface area contributed by atoms with Crippen molar-refractivity contribution in [3.63, 3.8) is 0 Å². The molecule has 1 amide bonds. The molecule has 1 unspecified atom stereocenters. The van der Waals surface area contributed by atoms with Crippen molar-refractivity contribution >= 4 is 5.91 Å². The lowest BCUT2D eigenvalue weighted by Gasteiger charge is -2.34. The van der Waals surface area contributed by atoms with Crippen LogP contribution < -0.4 is 10.1 Å². The molecule has 7 heteroatoms. The Labute approximate surface area is 132 Å². The van der Waals surface area contributed by atoms with Gasteiger partial charge >= 0.3 is 6.18 Å². The summed E-state index contributed by atoms with van der Waals surface area (Å²) in [5.41, 5.74) is 0.547. The molecule has 0 spiro atoms. The van der Waals surface area contributed by atoms with E-state index < -0.39 is 30.1 Å². The number of nitrogens with zero attached hydrogens (tertiary/aromatic N) is 1. The van der Waals surface area contributed by atoms with Gasteiger partial charge in [-0.3, -0.25) is 4.79 Å². The van der Waals surface area contributed by atoms with Gasteiger partial charge < -0.3 is 10.1 Å². The quantitative estimate of drug-likeness (QED) is 0.929. The highest BCUT2D eigenvalue weighted by Crippen LogP contribution is 2.38. The van der Waals surface area contributed by atoms with Crippen molar-refractivity contribution in [2.75, 3.05) is 0 Å². The highest BCUT2D eigenvalue weighted by molar-refractivity contribution is 5.81. The van der Waals surface area contributed by atoms with Crippen molar-refractivity contribution in [1.29, 1.82) is 5.26 Å². The molecule has 2 rings (SSSR count). The Morgan fingerprint density at radius 1 is 1.39 bits per heavy atom. The van der Waals surface area contributed by atoms with Gasteiger partial charge in [-0.05, 0) is 24.0 Å². The van der Waals surface area contributed by atoms with Crippen molar-refractivity contribution in [1.82, 2.24) is 5.32 Å². The number of para-hydroxylation sites is 1. The maximum absolute atomic E-state index is 13.3. The van der Waals surface area contributed by atoms with Crippen LogP contribution in [0.25, 0.3) is 0 Å². The molecule has 0 aliphatic carbocycles. The summed E-state index contributed by atoms with van der Waals surface area (Å²) in [6.07, 6.45) is -6.97. The number of ether oxygens (including phenoxy) is 1. The number of nitrogens with one attached hydrogen (secondary N) is 1. The second-order valence-electron chi connectivity index (χ2n) is 5.86. The van der Waals surface area contributed by atoms with Crippen molar-refractivity contribution in [3.05, 3.63) is 29.8 Å². The average molecular weight is 326 g/mol. The first-order valence-electron chi connectivity index (χ1n) is 7.25. The van der Waals surface area contributed by atoms with Gasteiger partial charge in [0.25, 0.3) is 0 Å². The van der Waals surface area contributed by atoms with Gasteiger partial charge in [-0.15, -0.1) is 0 Å². The number of hydrogen-bond donors (Lipinski definition) is 1. The van der Waals surface area contributed by atoms with E-state index in [1.54, 1.807) is 32.0 Å². The highest BCUT2D eigenvalue weighted by Gasteiger charge is 2.52. The predicted molar refractivity (Wildman–Crippen MR) is 76.5 cm³/mol. The normalized spacial score (nSPS) is 21.8. The van der Waals surface area contributed by atoms with Gasteiger partial charge in [0.1, 0.15) is 11.8 Å². The topological polar surface area (TPSA) is 62.1 Å². The lowest BCUT2D eigenvalue weighted by Crippen LogP contribution is -2.53. The van der Waals surface area contributed by atoms with Crippen molar-refractivity contribution in [3.8, 4) is 11.8 Å². The van der Waals surface area contributed by atoms with Gasteiger partial charge in [0.05, 0.1) is 12.0 Å². The van der Waals surface area contributed by atoms with Crippen LogP contribution in [-0.4, -0.2) is 24.2 Å². The molecule has 1 aromatic carbocycles. The first kappa shape index (κ1) is 17.1. The maximum Gasteiger partial charge on any atom is 0.426 e. The van der Waals surface area contributed by atoms with Crippen LogP contribution in [0.5, 0.6) is 5.75 Å². The molecule has 0 bridgehead atoms. The summed E-state index contributed by atoms with van der Waals surface area (Å²) in [5, 5.41) is 11.4. The smallest absolute Gasteiger partial charge is 0.426 e. The zero-order valence-electron chi connectivity index (χ0n) is 12.7. The minimum Gasteiger partial charge on any atom is -0.480 e. The molecule has 3 atom stereocenters. The number of benzene rings is 1. The molecule has 0 saturated heterocycles. The Kier molecular flexibility index (Phi) is 4.83. The van der Waals surface area contributed by atoms with E-state index in [2.05, 4.69) is 5.32 Å². The lowest BCUT2D eigenvalue weighted by atomic mass is 9.89. The summed E-state index contributed by atoms with van der Waals surface area (Å²) >= 11 is 0. The number of rotatable bonds is 3. The number of fused-ring (bicyclic) bond motifs is 1. The second kappa shape index (κ2) is 6.49. The molecule has 1 aromatic rings. The number of amides is 1. The van der Waals surface area contributed by atoms with Gasteiger partial charge in [-0.2, -0.15) is 18.4 Å². The fourth-order valence-corrected chi connectivity index (χ4v) is 2.48. The van der Waals surface area contributed by atoms with E-state index in [-0.39, 0.29) is 18.1 Å². The zero-order chi connectivity index (χ0) is 17.2. The molecular formula is C16H17F3N2O2. The summed E-state index contributed by atoms with van der Waals surface area (Å²) in [6.45, 7) is 3.42. The third-order valence-electron chi connectivity index (χ3n) is 3.79. The first-order valence-corrected chi connectivity index (χ1v) is 7.25. The third-order valence-corrected chi connectivity index (χ3v) is 3.79. The Bertz CT molecular complexity index is 622. The van der Waals surface area contributed by atoms with E-state index >= 15 is 0 Å². The van der Waals surface area contributed by atoms with Crippen LogP contribution in [-0.2, 0) is 11.2 Å². The molecule has 23 heavy (non-hydrogen) atoms. The molecule has 124 valence electrons. The summed E-state index contributed by atoms with van der Waals surface area (Å²) in [5.74, 6) is -2.30. The molecule has 1 aliphatic heterocycles. The van der Waals surface area contributed by atoms with E-state index in [1.165, 1.54) is 6.07 Å². The molecule has 1 aliphatic rings. The Morgan fingerprint density at radius 2 is 2.04 bits per heavy atom. The third kappa shape index (κ3) is 3.76. The van der Waals surface area contributed by atoms with Crippen LogP contribution >= 0.6 is 0 Å². The standard InChI is InChI=1S/C16H17F3N2O2/c1-9(2)12(8-20)21-15(22)11-7-10-5-3-4-6-13(10)23-14(11)16(17,18)19/h3-6,9,11-12,14H,7H2,1-2H3,(H,21,22)/t11-,12?,14-/m1/s1. The van der Waals surface area contributed by atoms with Crippen LogP contribution in [0.4, 0.5) is 13.2 Å². The van der Waals surface area contributed by atoms with Crippen LogP contribution in [0.2, 0.25) is 0 Å². The number of carbonyl (C=O) groups excluding carboxylic acids is 1. The summed E-state index contributed by atoms with van der Waals surface area (Å²) in [7, 11) is 0. The number of carbonyl (C=O) groups is 1. The van der Waals surface area contributed by atoms with Gasteiger partial charge in [-0.25, -0.2) is 0 Å². The van der Waals surface area contributed by atoms with Crippen molar-refractivity contribution in [2.45, 2.75) is 38.6 Å². The van der Waals surface area contributed by atoms with E-state index in [1.807, 2.05) is 6.07 Å². The number of hydrogen-bond acceptors (Lipinski definition) is 3. The van der Waals surface area contributed by atoms with Gasteiger partial charge in [0.2, 0.25) is 12.0 Å². The highest BCUT2D eigenvalue weighted by atomic mass is 19.4. The average Bonchev–Trinajstić information content (AvgIpc) is 2.49. The van der Waals surface area contributed by atoms with Gasteiger partial charge in [0, 0.05) is 0 Å². The fraction of sp³-hybridized carbons (Fsp3) is 0.500. The van der Waals surface area contributed by atoms with E-state index in [0.29, 0.717) is 5.56 Å². The largest absolute Gasteiger partial charge is 0.480 e. The molecular weight excluding hydrogens is 309 g/mol. The number of nitriles is 1. The second-order valence-corrected chi connectivity index (χ2v) is 5.86. The van der Waals surface area contributed by atoms with Crippen LogP contribution in [0, 0.1) is 23.2 Å². The fourth-order valence-electron chi connectivity index (χ4n) is 2.48. The van der Waals surface area contributed by atoms with Crippen LogP contribution in [0.1, 0.15) is 19.4 Å². The van der Waals surface area contributed by atoms with Crippen molar-refractivity contribution < 1.29 is 22.7 Å². The predicted octanol–water partition coefficient (Wildman–Crippen LogP) is 2.83. The van der Waals surface area contributed by atoms with E-state index in [0.717, 1.165) is 0 Å². The summed E-state index contributed by atoms with van der Waals surface area (Å²) in [4.78, 5) is 12.3. The summed E-state index contributed by atoms with van der Waals surface area (Å²) < 4.78 is 44.8. The molecule has 1 N–H and O–H groups in total. The molecule has 0 radical (unpaired) electrons.